The first-order valence-electron chi connectivity index (χ1n) is 6.26. The molecular weight excluding hydrogens is 200 g/mol. The fraction of sp³-hybridized carbons (Fsp3) is 0.857. The molecule has 0 N–H and O–H groups in total. The molecule has 0 aromatic carbocycles. The first-order valence-corrected chi connectivity index (χ1v) is 6.26. The van der Waals surface area contributed by atoms with Crippen molar-refractivity contribution in [3.63, 3.8) is 0 Å². The highest BCUT2D eigenvalue weighted by Gasteiger charge is 2.41. The number of Topliss-reactive ketones (excluding diaryl/α,β-unsaturated/α-hetero) is 1. The highest BCUT2D eigenvalue weighted by Crippen LogP contribution is 2.47. The maximum absolute atomic E-state index is 11.7. The summed E-state index contributed by atoms with van der Waals surface area (Å²) >= 11 is 0. The van der Waals surface area contributed by atoms with Crippen LogP contribution in [0.5, 0.6) is 0 Å². The molecule has 1 aliphatic carbocycles. The molecule has 0 heterocycles. The smallest absolute Gasteiger partial charge is 0.136 e. The third-order valence-electron chi connectivity index (χ3n) is 4.39. The molecule has 1 aliphatic rings. The standard InChI is InChI=1S/C14H24O2/c1-11(16)14(9-10-15)7-5-12(6-8-14)13(2,3)4/h10,12H,5-9H2,1-4H3. The molecule has 0 aromatic heterocycles. The van der Waals surface area contributed by atoms with Gasteiger partial charge in [-0.1, -0.05) is 20.8 Å². The van der Waals surface area contributed by atoms with Gasteiger partial charge < -0.3 is 4.79 Å². The quantitative estimate of drug-likeness (QED) is 0.689. The molecule has 1 rings (SSSR count). The SMILES string of the molecule is CC(=O)C1(CC=O)CCC(C(C)(C)C)CC1. The third kappa shape index (κ3) is 2.72. The van der Waals surface area contributed by atoms with Gasteiger partial charge in [0.1, 0.15) is 12.1 Å². The fourth-order valence-electron chi connectivity index (χ4n) is 2.90. The topological polar surface area (TPSA) is 34.1 Å². The van der Waals surface area contributed by atoms with Crippen molar-refractivity contribution in [3.05, 3.63) is 0 Å². The average molecular weight is 224 g/mol. The highest BCUT2D eigenvalue weighted by molar-refractivity contribution is 5.84. The van der Waals surface area contributed by atoms with Gasteiger partial charge in [-0.2, -0.15) is 0 Å². The number of hydrogen-bond acceptors (Lipinski definition) is 2. The van der Waals surface area contributed by atoms with Gasteiger partial charge in [0, 0.05) is 11.8 Å². The maximum Gasteiger partial charge on any atom is 0.136 e. The van der Waals surface area contributed by atoms with E-state index in [1.807, 2.05) is 0 Å². The predicted molar refractivity (Wildman–Crippen MR) is 65.2 cm³/mol. The Hall–Kier alpha value is -0.660. The van der Waals surface area contributed by atoms with Crippen LogP contribution in [0.2, 0.25) is 0 Å². The molecule has 16 heavy (non-hydrogen) atoms. The van der Waals surface area contributed by atoms with E-state index in [1.165, 1.54) is 0 Å². The Morgan fingerprint density at radius 1 is 1.31 bits per heavy atom. The summed E-state index contributed by atoms with van der Waals surface area (Å²) in [5, 5.41) is 0. The maximum atomic E-state index is 11.7. The number of carbonyl (C=O) groups is 2. The largest absolute Gasteiger partial charge is 0.303 e. The Bertz CT molecular complexity index is 265. The van der Waals surface area contributed by atoms with Crippen molar-refractivity contribution in [1.82, 2.24) is 0 Å². The molecule has 0 aliphatic heterocycles. The zero-order valence-electron chi connectivity index (χ0n) is 11.0. The lowest BCUT2D eigenvalue weighted by atomic mass is 9.62. The second kappa shape index (κ2) is 4.68. The molecule has 0 aromatic rings. The minimum absolute atomic E-state index is 0.201. The van der Waals surface area contributed by atoms with Crippen molar-refractivity contribution in [3.8, 4) is 0 Å². The summed E-state index contributed by atoms with van der Waals surface area (Å²) in [5.74, 6) is 0.888. The van der Waals surface area contributed by atoms with Crippen molar-refractivity contribution < 1.29 is 9.59 Å². The van der Waals surface area contributed by atoms with Crippen molar-refractivity contribution in [2.75, 3.05) is 0 Å². The monoisotopic (exact) mass is 224 g/mol. The van der Waals surface area contributed by atoms with Crippen LogP contribution in [0.1, 0.15) is 59.8 Å². The molecular formula is C14H24O2. The van der Waals surface area contributed by atoms with Crippen LogP contribution < -0.4 is 0 Å². The van der Waals surface area contributed by atoms with E-state index in [9.17, 15) is 9.59 Å². The highest BCUT2D eigenvalue weighted by atomic mass is 16.1. The molecule has 1 fully saturated rings. The van der Waals surface area contributed by atoms with Gasteiger partial charge in [0.25, 0.3) is 0 Å². The predicted octanol–water partition coefficient (Wildman–Crippen LogP) is 3.39. The summed E-state index contributed by atoms with van der Waals surface area (Å²) in [7, 11) is 0. The van der Waals surface area contributed by atoms with E-state index < -0.39 is 0 Å². The summed E-state index contributed by atoms with van der Waals surface area (Å²) in [6.07, 6.45) is 5.28. The number of carbonyl (C=O) groups excluding carboxylic acids is 2. The third-order valence-corrected chi connectivity index (χ3v) is 4.39. The lowest BCUT2D eigenvalue weighted by Crippen LogP contribution is -2.37. The Balaban J connectivity index is 2.70. The average Bonchev–Trinajstić information content (AvgIpc) is 2.17. The van der Waals surface area contributed by atoms with E-state index in [4.69, 9.17) is 0 Å². The second-order valence-electron chi connectivity index (χ2n) is 6.35. The van der Waals surface area contributed by atoms with E-state index in [1.54, 1.807) is 6.92 Å². The lowest BCUT2D eigenvalue weighted by molar-refractivity contribution is -0.132. The molecule has 0 bridgehead atoms. The molecule has 1 saturated carbocycles. The number of ketones is 1. The Kier molecular flexibility index (Phi) is 3.92. The van der Waals surface area contributed by atoms with Gasteiger partial charge in [0.05, 0.1) is 0 Å². The second-order valence-corrected chi connectivity index (χ2v) is 6.35. The van der Waals surface area contributed by atoms with Gasteiger partial charge >= 0.3 is 0 Å². The lowest BCUT2D eigenvalue weighted by Gasteiger charge is -2.42. The molecule has 0 atom stereocenters. The first kappa shape index (κ1) is 13.4. The Morgan fingerprint density at radius 3 is 2.12 bits per heavy atom. The molecule has 0 amide bonds. The Morgan fingerprint density at radius 2 is 1.81 bits per heavy atom. The van der Waals surface area contributed by atoms with Crippen LogP contribution in [-0.2, 0) is 9.59 Å². The van der Waals surface area contributed by atoms with E-state index in [0.29, 0.717) is 17.8 Å². The summed E-state index contributed by atoms with van der Waals surface area (Å²) in [5.41, 5.74) is -0.00632. The molecule has 2 nitrogen and oxygen atoms in total. The van der Waals surface area contributed by atoms with Crippen molar-refractivity contribution in [2.45, 2.75) is 59.8 Å². The number of rotatable bonds is 3. The summed E-state index contributed by atoms with van der Waals surface area (Å²) in [6, 6.07) is 0. The van der Waals surface area contributed by atoms with Crippen LogP contribution in [0, 0.1) is 16.7 Å². The van der Waals surface area contributed by atoms with Crippen LogP contribution in [-0.4, -0.2) is 12.1 Å². The summed E-state index contributed by atoms with van der Waals surface area (Å²) in [6.45, 7) is 8.43. The zero-order valence-corrected chi connectivity index (χ0v) is 11.0. The van der Waals surface area contributed by atoms with E-state index in [-0.39, 0.29) is 11.2 Å². The molecule has 0 saturated heterocycles. The normalized spacial score (nSPS) is 31.1. The van der Waals surface area contributed by atoms with Gasteiger partial charge in [-0.25, -0.2) is 0 Å². The van der Waals surface area contributed by atoms with Crippen LogP contribution in [0.25, 0.3) is 0 Å². The van der Waals surface area contributed by atoms with Gasteiger partial charge in [-0.05, 0) is 43.9 Å². The minimum atomic E-state index is -0.330. The van der Waals surface area contributed by atoms with E-state index in [2.05, 4.69) is 20.8 Å². The van der Waals surface area contributed by atoms with Gasteiger partial charge in [-0.15, -0.1) is 0 Å². The molecule has 0 radical (unpaired) electrons. The molecule has 0 spiro atoms. The van der Waals surface area contributed by atoms with E-state index in [0.717, 1.165) is 32.0 Å². The van der Waals surface area contributed by atoms with Crippen LogP contribution in [0.15, 0.2) is 0 Å². The van der Waals surface area contributed by atoms with Crippen LogP contribution >= 0.6 is 0 Å². The summed E-state index contributed by atoms with van der Waals surface area (Å²) in [4.78, 5) is 22.4. The molecule has 2 heteroatoms. The van der Waals surface area contributed by atoms with E-state index >= 15 is 0 Å². The van der Waals surface area contributed by atoms with Gasteiger partial charge in [0.15, 0.2) is 0 Å². The van der Waals surface area contributed by atoms with Crippen molar-refractivity contribution in [2.24, 2.45) is 16.7 Å². The van der Waals surface area contributed by atoms with Crippen molar-refractivity contribution in [1.29, 1.82) is 0 Å². The molecule has 92 valence electrons. The van der Waals surface area contributed by atoms with Crippen LogP contribution in [0.4, 0.5) is 0 Å². The van der Waals surface area contributed by atoms with Gasteiger partial charge in [0.2, 0.25) is 0 Å². The number of aldehydes is 1. The van der Waals surface area contributed by atoms with Gasteiger partial charge in [-0.3, -0.25) is 4.79 Å². The Labute approximate surface area is 98.8 Å². The van der Waals surface area contributed by atoms with Crippen molar-refractivity contribution >= 4 is 12.1 Å². The zero-order chi connectivity index (χ0) is 12.4. The first-order chi connectivity index (χ1) is 7.32. The number of hydrogen-bond donors (Lipinski definition) is 0. The molecule has 0 unspecified atom stereocenters. The fourth-order valence-corrected chi connectivity index (χ4v) is 2.90. The van der Waals surface area contributed by atoms with Crippen LogP contribution in [0.3, 0.4) is 0 Å². The minimum Gasteiger partial charge on any atom is -0.303 e. The summed E-state index contributed by atoms with van der Waals surface area (Å²) < 4.78 is 0.